The SMILES string of the molecule is O=C(CCC1=NS(=O)(=O)c2ccccc2N1)N1CCC(Cc2ccccc2)CC1. The zero-order valence-corrected chi connectivity index (χ0v) is 17.1. The third-order valence-corrected chi connectivity index (χ3v) is 6.96. The molecule has 152 valence electrons. The predicted molar refractivity (Wildman–Crippen MR) is 113 cm³/mol. The second kappa shape index (κ2) is 8.37. The first-order valence-electron chi connectivity index (χ1n) is 10.0. The van der Waals surface area contributed by atoms with Gasteiger partial charge in [-0.2, -0.15) is 8.42 Å². The van der Waals surface area contributed by atoms with E-state index in [1.165, 1.54) is 11.6 Å². The molecule has 29 heavy (non-hydrogen) atoms. The molecule has 7 heteroatoms. The summed E-state index contributed by atoms with van der Waals surface area (Å²) in [5.74, 6) is 0.993. The molecule has 4 rings (SSSR count). The molecule has 2 heterocycles. The molecule has 0 atom stereocenters. The second-order valence-corrected chi connectivity index (χ2v) is 9.22. The van der Waals surface area contributed by atoms with Crippen molar-refractivity contribution in [3.8, 4) is 0 Å². The standard InChI is InChI=1S/C22H25N3O3S/c26-22(25-14-12-18(13-15-25)16-17-6-2-1-3-7-17)11-10-21-23-19-8-4-5-9-20(19)29(27,28)24-21/h1-9,18H,10-16H2,(H,23,24). The fraction of sp³-hybridized carbons (Fsp3) is 0.364. The van der Waals surface area contributed by atoms with E-state index in [9.17, 15) is 13.2 Å². The third-order valence-electron chi connectivity index (χ3n) is 5.58. The lowest BCUT2D eigenvalue weighted by Gasteiger charge is -2.32. The van der Waals surface area contributed by atoms with Crippen LogP contribution in [0.25, 0.3) is 0 Å². The summed E-state index contributed by atoms with van der Waals surface area (Å²) in [6.45, 7) is 1.52. The van der Waals surface area contributed by atoms with Crippen LogP contribution in [-0.4, -0.2) is 38.2 Å². The molecule has 0 aromatic heterocycles. The van der Waals surface area contributed by atoms with Crippen molar-refractivity contribution >= 4 is 27.5 Å². The molecule has 2 aliphatic rings. The number of sulfonamides is 1. The van der Waals surface area contributed by atoms with E-state index >= 15 is 0 Å². The number of nitrogens with one attached hydrogen (secondary N) is 1. The molecule has 0 unspecified atom stereocenters. The van der Waals surface area contributed by atoms with Gasteiger partial charge in [-0.25, -0.2) is 0 Å². The van der Waals surface area contributed by atoms with Gasteiger partial charge in [0.15, 0.2) is 0 Å². The summed E-state index contributed by atoms with van der Waals surface area (Å²) in [5, 5.41) is 3.05. The van der Waals surface area contributed by atoms with Crippen LogP contribution in [-0.2, 0) is 21.2 Å². The van der Waals surface area contributed by atoms with Gasteiger partial charge in [-0.3, -0.25) is 4.79 Å². The summed E-state index contributed by atoms with van der Waals surface area (Å²) in [5.41, 5.74) is 1.87. The molecule has 2 aromatic carbocycles. The van der Waals surface area contributed by atoms with E-state index in [4.69, 9.17) is 0 Å². The van der Waals surface area contributed by atoms with E-state index in [1.807, 2.05) is 11.0 Å². The second-order valence-electron chi connectivity index (χ2n) is 7.65. The van der Waals surface area contributed by atoms with Crippen LogP contribution in [0.2, 0.25) is 0 Å². The summed E-state index contributed by atoms with van der Waals surface area (Å²) < 4.78 is 28.4. The minimum Gasteiger partial charge on any atom is -0.343 e. The Labute approximate surface area is 171 Å². The number of para-hydroxylation sites is 1. The monoisotopic (exact) mass is 411 g/mol. The Balaban J connectivity index is 1.28. The van der Waals surface area contributed by atoms with Gasteiger partial charge in [0.1, 0.15) is 10.7 Å². The topological polar surface area (TPSA) is 78.8 Å². The number of carbonyl (C=O) groups is 1. The largest absolute Gasteiger partial charge is 0.343 e. The van der Waals surface area contributed by atoms with Gasteiger partial charge in [0.05, 0.1) is 5.69 Å². The molecule has 1 saturated heterocycles. The molecule has 0 spiro atoms. The number of rotatable bonds is 5. The van der Waals surface area contributed by atoms with Crippen molar-refractivity contribution in [1.82, 2.24) is 4.90 Å². The number of nitrogens with zero attached hydrogens (tertiary/aromatic N) is 2. The number of piperidine rings is 1. The van der Waals surface area contributed by atoms with Crippen LogP contribution in [0.5, 0.6) is 0 Å². The highest BCUT2D eigenvalue weighted by Gasteiger charge is 2.26. The van der Waals surface area contributed by atoms with E-state index in [0.29, 0.717) is 17.4 Å². The minimum atomic E-state index is -3.70. The van der Waals surface area contributed by atoms with Crippen molar-refractivity contribution in [3.63, 3.8) is 0 Å². The fourth-order valence-corrected chi connectivity index (χ4v) is 5.17. The van der Waals surface area contributed by atoms with Gasteiger partial charge in [0.25, 0.3) is 10.0 Å². The van der Waals surface area contributed by atoms with E-state index in [1.54, 1.807) is 18.2 Å². The van der Waals surface area contributed by atoms with Gasteiger partial charge in [0.2, 0.25) is 5.91 Å². The zero-order chi connectivity index (χ0) is 20.3. The van der Waals surface area contributed by atoms with E-state index in [0.717, 1.165) is 32.4 Å². The highest BCUT2D eigenvalue weighted by molar-refractivity contribution is 7.90. The summed E-state index contributed by atoms with van der Waals surface area (Å²) in [6, 6.07) is 17.1. The summed E-state index contributed by atoms with van der Waals surface area (Å²) in [4.78, 5) is 14.7. The Kier molecular flexibility index (Phi) is 5.67. The Hall–Kier alpha value is -2.67. The van der Waals surface area contributed by atoms with E-state index < -0.39 is 10.0 Å². The molecule has 0 aliphatic carbocycles. The van der Waals surface area contributed by atoms with Crippen LogP contribution in [0.15, 0.2) is 63.9 Å². The first-order chi connectivity index (χ1) is 14.0. The number of hydrogen-bond acceptors (Lipinski definition) is 4. The maximum Gasteiger partial charge on any atom is 0.286 e. The lowest BCUT2D eigenvalue weighted by Crippen LogP contribution is -2.39. The third kappa shape index (κ3) is 4.67. The molecule has 2 aliphatic heterocycles. The Morgan fingerprint density at radius 2 is 1.72 bits per heavy atom. The van der Waals surface area contributed by atoms with Gasteiger partial charge in [-0.1, -0.05) is 42.5 Å². The average molecular weight is 412 g/mol. The number of fused-ring (bicyclic) bond motifs is 1. The Bertz CT molecular complexity index is 1010. The number of carbonyl (C=O) groups excluding carboxylic acids is 1. The zero-order valence-electron chi connectivity index (χ0n) is 16.3. The van der Waals surface area contributed by atoms with Crippen molar-refractivity contribution in [3.05, 3.63) is 60.2 Å². The number of amidine groups is 1. The number of hydrogen-bond donors (Lipinski definition) is 1. The normalized spacial score (nSPS) is 18.5. The van der Waals surface area contributed by atoms with Crippen LogP contribution < -0.4 is 5.32 Å². The maximum atomic E-state index is 12.6. The Morgan fingerprint density at radius 1 is 1.03 bits per heavy atom. The van der Waals surface area contributed by atoms with Gasteiger partial charge in [-0.15, -0.1) is 4.40 Å². The molecular weight excluding hydrogens is 386 g/mol. The van der Waals surface area contributed by atoms with Gasteiger partial charge >= 0.3 is 0 Å². The minimum absolute atomic E-state index is 0.0592. The molecule has 0 radical (unpaired) electrons. The fourth-order valence-electron chi connectivity index (χ4n) is 3.99. The van der Waals surface area contributed by atoms with Crippen molar-refractivity contribution < 1.29 is 13.2 Å². The summed E-state index contributed by atoms with van der Waals surface area (Å²) in [7, 11) is -3.70. The number of benzene rings is 2. The molecular formula is C22H25N3O3S. The first kappa shape index (κ1) is 19.6. The van der Waals surface area contributed by atoms with Gasteiger partial charge in [0, 0.05) is 25.9 Å². The quantitative estimate of drug-likeness (QED) is 0.817. The van der Waals surface area contributed by atoms with Crippen molar-refractivity contribution in [2.45, 2.75) is 37.0 Å². The van der Waals surface area contributed by atoms with Crippen LogP contribution in [0.4, 0.5) is 5.69 Å². The van der Waals surface area contributed by atoms with Crippen LogP contribution >= 0.6 is 0 Å². The summed E-state index contributed by atoms with van der Waals surface area (Å²) in [6.07, 6.45) is 3.60. The first-order valence-corrected chi connectivity index (χ1v) is 11.5. The van der Waals surface area contributed by atoms with E-state index in [-0.39, 0.29) is 23.6 Å². The molecule has 1 N–H and O–H groups in total. The maximum absolute atomic E-state index is 12.6. The lowest BCUT2D eigenvalue weighted by molar-refractivity contribution is -0.132. The molecule has 6 nitrogen and oxygen atoms in total. The van der Waals surface area contributed by atoms with Gasteiger partial charge < -0.3 is 10.2 Å². The van der Waals surface area contributed by atoms with Crippen LogP contribution in [0.1, 0.15) is 31.2 Å². The molecule has 1 fully saturated rings. The molecule has 0 bridgehead atoms. The molecule has 2 aromatic rings. The number of anilines is 1. The van der Waals surface area contributed by atoms with Gasteiger partial charge in [-0.05, 0) is 42.9 Å². The molecule has 1 amide bonds. The van der Waals surface area contributed by atoms with Crippen molar-refractivity contribution in [2.24, 2.45) is 10.3 Å². The van der Waals surface area contributed by atoms with Crippen LogP contribution in [0, 0.1) is 5.92 Å². The predicted octanol–water partition coefficient (Wildman–Crippen LogP) is 3.46. The van der Waals surface area contributed by atoms with Crippen molar-refractivity contribution in [1.29, 1.82) is 0 Å². The van der Waals surface area contributed by atoms with Crippen LogP contribution in [0.3, 0.4) is 0 Å². The highest BCUT2D eigenvalue weighted by Crippen LogP contribution is 2.28. The van der Waals surface area contributed by atoms with E-state index in [2.05, 4.69) is 34.0 Å². The Morgan fingerprint density at radius 3 is 2.48 bits per heavy atom. The highest BCUT2D eigenvalue weighted by atomic mass is 32.2. The van der Waals surface area contributed by atoms with Crippen molar-refractivity contribution in [2.75, 3.05) is 18.4 Å². The lowest BCUT2D eigenvalue weighted by atomic mass is 9.90. The summed E-state index contributed by atoms with van der Waals surface area (Å²) >= 11 is 0. The molecule has 0 saturated carbocycles. The number of amides is 1. The number of likely N-dealkylation sites (tertiary alicyclic amines) is 1. The average Bonchev–Trinajstić information content (AvgIpc) is 2.73. The smallest absolute Gasteiger partial charge is 0.286 e.